The first-order chi connectivity index (χ1) is 9.65. The van der Waals surface area contributed by atoms with E-state index in [1.54, 1.807) is 12.1 Å². The standard InChI is InChI=1S/C8H10FN.C8H11NO/c9-6-5-7-1-3-8(10)4-2-7;9-8-3-1-7(2-4-8)5-6-10/h1-4H,5-6,10H2;1-4,10H,5-6,9H2/i9-1;. The number of anilines is 2. The van der Waals surface area contributed by atoms with Gasteiger partial charge in [-0.2, -0.15) is 0 Å². The van der Waals surface area contributed by atoms with Crippen LogP contribution in [0.1, 0.15) is 11.1 Å². The highest BCUT2D eigenvalue weighted by Gasteiger charge is 1.90. The fraction of sp³-hybridized carbons (Fsp3) is 0.250. The SMILES string of the molecule is Nc1ccc(CCO)cc1.Nc1ccc(CC[18F])cc1. The molecule has 0 atom stereocenters. The van der Waals surface area contributed by atoms with Crippen LogP contribution in [0.15, 0.2) is 48.5 Å². The number of hydrogen-bond donors (Lipinski definition) is 3. The lowest BCUT2D eigenvalue weighted by atomic mass is 10.1. The largest absolute Gasteiger partial charge is 0.399 e. The lowest BCUT2D eigenvalue weighted by Gasteiger charge is -1.96. The van der Waals surface area contributed by atoms with Crippen molar-refractivity contribution in [3.8, 4) is 0 Å². The van der Waals surface area contributed by atoms with E-state index in [1.165, 1.54) is 0 Å². The smallest absolute Gasteiger partial charge is 0.0934 e. The van der Waals surface area contributed by atoms with Crippen molar-refractivity contribution in [3.63, 3.8) is 0 Å². The average Bonchev–Trinajstić information content (AvgIpc) is 2.45. The molecule has 0 aliphatic rings. The predicted octanol–water partition coefficient (Wildman–Crippen LogP) is 2.58. The molecule has 2 aromatic carbocycles. The van der Waals surface area contributed by atoms with Crippen LogP contribution in [-0.4, -0.2) is 18.4 Å². The van der Waals surface area contributed by atoms with Gasteiger partial charge in [0.15, 0.2) is 0 Å². The number of halogens is 1. The summed E-state index contributed by atoms with van der Waals surface area (Å²) in [5.74, 6) is 0. The number of alkyl halides is 1. The Labute approximate surface area is 119 Å². The van der Waals surface area contributed by atoms with Crippen molar-refractivity contribution < 1.29 is 9.50 Å². The van der Waals surface area contributed by atoms with E-state index in [0.717, 1.165) is 22.5 Å². The Morgan fingerprint density at radius 1 is 0.750 bits per heavy atom. The number of rotatable bonds is 4. The second-order valence-electron chi connectivity index (χ2n) is 4.40. The van der Waals surface area contributed by atoms with Gasteiger partial charge in [-0.25, -0.2) is 0 Å². The van der Waals surface area contributed by atoms with Gasteiger partial charge in [0.2, 0.25) is 0 Å². The zero-order chi connectivity index (χ0) is 14.8. The van der Waals surface area contributed by atoms with E-state index in [2.05, 4.69) is 0 Å². The maximum Gasteiger partial charge on any atom is 0.0934 e. The van der Waals surface area contributed by atoms with E-state index in [-0.39, 0.29) is 13.3 Å². The number of nitrogen functional groups attached to an aromatic ring is 2. The molecular formula is C16H21FN2O. The summed E-state index contributed by atoms with van der Waals surface area (Å²) in [6, 6.07) is 14.8. The van der Waals surface area contributed by atoms with E-state index >= 15 is 0 Å². The summed E-state index contributed by atoms with van der Waals surface area (Å²) >= 11 is 0. The molecule has 4 heteroatoms. The van der Waals surface area contributed by atoms with Gasteiger partial charge in [0.05, 0.1) is 6.67 Å². The number of benzene rings is 2. The van der Waals surface area contributed by atoms with E-state index in [1.807, 2.05) is 36.4 Å². The van der Waals surface area contributed by atoms with Crippen LogP contribution < -0.4 is 11.5 Å². The first-order valence-corrected chi connectivity index (χ1v) is 6.51. The molecule has 0 aliphatic carbocycles. The van der Waals surface area contributed by atoms with E-state index in [0.29, 0.717) is 12.8 Å². The average molecular weight is 275 g/mol. The minimum absolute atomic E-state index is 0.198. The van der Waals surface area contributed by atoms with Crippen LogP contribution in [0, 0.1) is 0 Å². The lowest BCUT2D eigenvalue weighted by molar-refractivity contribution is 0.299. The van der Waals surface area contributed by atoms with Crippen LogP contribution >= 0.6 is 0 Å². The normalized spacial score (nSPS) is 9.70. The second kappa shape index (κ2) is 8.93. The maximum atomic E-state index is 11.7. The third kappa shape index (κ3) is 6.20. The number of aliphatic hydroxyl groups excluding tert-OH is 1. The summed E-state index contributed by atoms with van der Waals surface area (Å²) in [6.07, 6.45) is 1.20. The molecule has 0 spiro atoms. The molecule has 2 aromatic rings. The molecular weight excluding hydrogens is 254 g/mol. The first-order valence-electron chi connectivity index (χ1n) is 6.51. The molecule has 5 N–H and O–H groups in total. The molecule has 0 aromatic heterocycles. The van der Waals surface area contributed by atoms with Gasteiger partial charge in [0.1, 0.15) is 0 Å². The fourth-order valence-electron chi connectivity index (χ4n) is 1.61. The van der Waals surface area contributed by atoms with Gasteiger partial charge in [0, 0.05) is 24.4 Å². The summed E-state index contributed by atoms with van der Waals surface area (Å²) in [4.78, 5) is 0. The molecule has 0 unspecified atom stereocenters. The van der Waals surface area contributed by atoms with Crippen molar-refractivity contribution in [1.82, 2.24) is 0 Å². The fourth-order valence-corrected chi connectivity index (χ4v) is 1.61. The molecule has 0 aliphatic heterocycles. The predicted molar refractivity (Wildman–Crippen MR) is 82.2 cm³/mol. The van der Waals surface area contributed by atoms with Gasteiger partial charge in [-0.3, -0.25) is 4.39 Å². The van der Waals surface area contributed by atoms with Crippen molar-refractivity contribution in [3.05, 3.63) is 59.7 Å². The summed E-state index contributed by atoms with van der Waals surface area (Å²) in [6.45, 7) is -0.103. The minimum atomic E-state index is -0.302. The molecule has 0 amide bonds. The number of hydrogen-bond acceptors (Lipinski definition) is 3. The van der Waals surface area contributed by atoms with Gasteiger partial charge in [-0.15, -0.1) is 0 Å². The van der Waals surface area contributed by atoms with Crippen LogP contribution in [0.25, 0.3) is 0 Å². The maximum absolute atomic E-state index is 11.7. The number of aliphatic hydroxyl groups is 1. The summed E-state index contributed by atoms with van der Waals surface area (Å²) in [7, 11) is 0. The van der Waals surface area contributed by atoms with E-state index in [9.17, 15) is 4.39 Å². The highest BCUT2D eigenvalue weighted by molar-refractivity contribution is 5.39. The monoisotopic (exact) mass is 275 g/mol. The van der Waals surface area contributed by atoms with Crippen LogP contribution in [-0.2, 0) is 12.8 Å². The molecule has 0 bridgehead atoms. The second-order valence-corrected chi connectivity index (χ2v) is 4.40. The molecule has 0 radical (unpaired) electrons. The quantitative estimate of drug-likeness (QED) is 0.751. The van der Waals surface area contributed by atoms with Crippen molar-refractivity contribution in [2.24, 2.45) is 0 Å². The molecule has 0 fully saturated rings. The van der Waals surface area contributed by atoms with Crippen molar-refractivity contribution >= 4 is 11.4 Å². The molecule has 20 heavy (non-hydrogen) atoms. The summed E-state index contributed by atoms with van der Waals surface area (Å²) < 4.78 is 11.7. The first kappa shape index (κ1) is 16.0. The van der Waals surface area contributed by atoms with Gasteiger partial charge in [0.25, 0.3) is 0 Å². The zero-order valence-electron chi connectivity index (χ0n) is 11.4. The Hall–Kier alpha value is -2.07. The van der Waals surface area contributed by atoms with Crippen LogP contribution in [0.2, 0.25) is 0 Å². The molecule has 3 nitrogen and oxygen atoms in total. The summed E-state index contributed by atoms with van der Waals surface area (Å²) in [5.41, 5.74) is 14.5. The van der Waals surface area contributed by atoms with Crippen LogP contribution in [0.4, 0.5) is 15.8 Å². The van der Waals surface area contributed by atoms with E-state index < -0.39 is 0 Å². The van der Waals surface area contributed by atoms with Crippen LogP contribution in [0.3, 0.4) is 0 Å². The van der Waals surface area contributed by atoms with Gasteiger partial charge >= 0.3 is 0 Å². The molecule has 108 valence electrons. The third-order valence-corrected chi connectivity index (χ3v) is 2.74. The Kier molecular flexibility index (Phi) is 7.14. The third-order valence-electron chi connectivity index (χ3n) is 2.74. The Balaban J connectivity index is 0.000000200. The molecule has 0 heterocycles. The Morgan fingerprint density at radius 3 is 1.50 bits per heavy atom. The van der Waals surface area contributed by atoms with Gasteiger partial charge in [-0.1, -0.05) is 24.3 Å². The van der Waals surface area contributed by atoms with E-state index in [4.69, 9.17) is 16.6 Å². The topological polar surface area (TPSA) is 72.3 Å². The Bertz CT molecular complexity index is 435. The highest BCUT2D eigenvalue weighted by atomic mass is 18.2. The van der Waals surface area contributed by atoms with Gasteiger partial charge in [-0.05, 0) is 41.8 Å². The number of nitrogens with two attached hydrogens (primary N) is 2. The Morgan fingerprint density at radius 2 is 1.15 bits per heavy atom. The van der Waals surface area contributed by atoms with Crippen molar-refractivity contribution in [2.75, 3.05) is 24.7 Å². The summed E-state index contributed by atoms with van der Waals surface area (Å²) in [5, 5.41) is 8.56. The highest BCUT2D eigenvalue weighted by Crippen LogP contribution is 2.06. The molecule has 0 saturated heterocycles. The zero-order valence-corrected chi connectivity index (χ0v) is 11.4. The van der Waals surface area contributed by atoms with Crippen molar-refractivity contribution in [2.45, 2.75) is 12.8 Å². The lowest BCUT2D eigenvalue weighted by Crippen LogP contribution is -1.90. The van der Waals surface area contributed by atoms with Crippen molar-refractivity contribution in [1.29, 1.82) is 0 Å². The van der Waals surface area contributed by atoms with Gasteiger partial charge < -0.3 is 16.6 Å². The minimum Gasteiger partial charge on any atom is -0.399 e. The number of aryl methyl sites for hydroxylation is 1. The molecule has 2 rings (SSSR count). The van der Waals surface area contributed by atoms with Crippen LogP contribution in [0.5, 0.6) is 0 Å². The molecule has 0 saturated carbocycles.